The Morgan fingerprint density at radius 2 is 2.20 bits per heavy atom. The Bertz CT molecular complexity index is 350. The number of hydrogen-bond donors (Lipinski definition) is 2. The normalized spacial score (nSPS) is 29.0. The molecule has 3 rings (SSSR count). The lowest BCUT2D eigenvalue weighted by molar-refractivity contribution is 0.0436. The summed E-state index contributed by atoms with van der Waals surface area (Å²) in [5, 5.41) is 7.05. The van der Waals surface area contributed by atoms with Crippen molar-refractivity contribution in [3.05, 3.63) is 24.0 Å². The summed E-state index contributed by atoms with van der Waals surface area (Å²) in [6.45, 7) is 3.57. The van der Waals surface area contributed by atoms with Crippen LogP contribution in [0.5, 0.6) is 0 Å². The van der Waals surface area contributed by atoms with Crippen LogP contribution in [0.25, 0.3) is 0 Å². The smallest absolute Gasteiger partial charge is 0.0405 e. The molecule has 0 aliphatic carbocycles. The second-order valence-corrected chi connectivity index (χ2v) is 5.04. The quantitative estimate of drug-likeness (QED) is 0.717. The van der Waals surface area contributed by atoms with Gasteiger partial charge in [0.25, 0.3) is 0 Å². The van der Waals surface area contributed by atoms with E-state index < -0.39 is 0 Å². The summed E-state index contributed by atoms with van der Waals surface area (Å²) in [6.07, 6.45) is 7.03. The molecule has 1 atom stereocenters. The molecule has 1 aromatic rings. The maximum absolute atomic E-state index is 3.59. The minimum atomic E-state index is 0.548. The van der Waals surface area contributed by atoms with Crippen molar-refractivity contribution in [3.63, 3.8) is 0 Å². The van der Waals surface area contributed by atoms with Gasteiger partial charge >= 0.3 is 0 Å². The zero-order chi connectivity index (χ0) is 10.3. The Morgan fingerprint density at radius 3 is 2.73 bits per heavy atom. The van der Waals surface area contributed by atoms with Crippen LogP contribution in [0, 0.1) is 5.41 Å². The molecule has 1 unspecified atom stereocenters. The first kappa shape index (κ1) is 9.43. The van der Waals surface area contributed by atoms with Crippen LogP contribution in [0.2, 0.25) is 0 Å². The van der Waals surface area contributed by atoms with E-state index in [1.165, 1.54) is 38.0 Å². The van der Waals surface area contributed by atoms with E-state index in [9.17, 15) is 0 Å². The third kappa shape index (κ3) is 1.42. The highest BCUT2D eigenvalue weighted by atomic mass is 15.1. The zero-order valence-electron chi connectivity index (χ0n) is 9.29. The van der Waals surface area contributed by atoms with Crippen molar-refractivity contribution in [2.75, 3.05) is 19.6 Å². The SMILES string of the molecule is Cn1ccc(C2NCC23CCNCC3)c1. The highest BCUT2D eigenvalue weighted by molar-refractivity contribution is 5.23. The third-order valence-electron chi connectivity index (χ3n) is 4.06. The number of nitrogens with zero attached hydrogens (tertiary/aromatic N) is 1. The fourth-order valence-corrected chi connectivity index (χ4v) is 3.05. The van der Waals surface area contributed by atoms with Gasteiger partial charge in [0.2, 0.25) is 0 Å². The van der Waals surface area contributed by atoms with Crippen LogP contribution in [0.3, 0.4) is 0 Å². The van der Waals surface area contributed by atoms with Gasteiger partial charge in [-0.05, 0) is 37.6 Å². The van der Waals surface area contributed by atoms with E-state index in [0.717, 1.165) is 0 Å². The van der Waals surface area contributed by atoms with E-state index in [2.05, 4.69) is 40.7 Å². The summed E-state index contributed by atoms with van der Waals surface area (Å²) in [5.41, 5.74) is 2.01. The van der Waals surface area contributed by atoms with Gasteiger partial charge < -0.3 is 15.2 Å². The van der Waals surface area contributed by atoms with E-state index in [1.807, 2.05) is 0 Å². The van der Waals surface area contributed by atoms with Gasteiger partial charge in [-0.2, -0.15) is 0 Å². The number of nitrogens with one attached hydrogen (secondary N) is 2. The van der Waals surface area contributed by atoms with Crippen LogP contribution in [0.1, 0.15) is 24.4 Å². The topological polar surface area (TPSA) is 29.0 Å². The van der Waals surface area contributed by atoms with Gasteiger partial charge in [0.15, 0.2) is 0 Å². The second kappa shape index (κ2) is 3.35. The van der Waals surface area contributed by atoms with Crippen molar-refractivity contribution in [1.29, 1.82) is 0 Å². The standard InChI is InChI=1S/C12H19N3/c1-15-7-2-10(8-15)11-12(9-14-11)3-5-13-6-4-12/h2,7-8,11,13-14H,3-6,9H2,1H3. The first-order valence-corrected chi connectivity index (χ1v) is 5.86. The van der Waals surface area contributed by atoms with Gasteiger partial charge in [0.05, 0.1) is 0 Å². The molecule has 0 saturated carbocycles. The molecule has 0 bridgehead atoms. The van der Waals surface area contributed by atoms with Crippen LogP contribution in [-0.2, 0) is 7.05 Å². The summed E-state index contributed by atoms with van der Waals surface area (Å²) >= 11 is 0. The number of piperidine rings is 1. The summed E-state index contributed by atoms with van der Waals surface area (Å²) in [5.74, 6) is 0. The van der Waals surface area contributed by atoms with Gasteiger partial charge in [0.1, 0.15) is 0 Å². The summed E-state index contributed by atoms with van der Waals surface area (Å²) in [4.78, 5) is 0. The molecule has 2 aliphatic heterocycles. The molecular formula is C12H19N3. The maximum Gasteiger partial charge on any atom is 0.0405 e. The van der Waals surface area contributed by atoms with Gasteiger partial charge in [-0.25, -0.2) is 0 Å². The van der Waals surface area contributed by atoms with E-state index >= 15 is 0 Å². The Hall–Kier alpha value is -0.800. The Kier molecular flexibility index (Phi) is 2.11. The minimum absolute atomic E-state index is 0.548. The summed E-state index contributed by atoms with van der Waals surface area (Å²) in [7, 11) is 2.09. The molecule has 0 amide bonds. The predicted molar refractivity (Wildman–Crippen MR) is 60.7 cm³/mol. The number of rotatable bonds is 1. The zero-order valence-corrected chi connectivity index (χ0v) is 9.29. The molecule has 2 aliphatic rings. The van der Waals surface area contributed by atoms with E-state index in [-0.39, 0.29) is 0 Å². The molecule has 2 saturated heterocycles. The average Bonchev–Trinajstić information content (AvgIpc) is 2.64. The van der Waals surface area contributed by atoms with Gasteiger partial charge in [0, 0.05) is 37.4 Å². The van der Waals surface area contributed by atoms with Gasteiger partial charge in [-0.15, -0.1) is 0 Å². The monoisotopic (exact) mass is 205 g/mol. The van der Waals surface area contributed by atoms with Crippen LogP contribution in [-0.4, -0.2) is 24.2 Å². The molecule has 0 aromatic carbocycles. The highest BCUT2D eigenvalue weighted by Crippen LogP contribution is 2.47. The molecule has 3 heteroatoms. The maximum atomic E-state index is 3.59. The first-order valence-electron chi connectivity index (χ1n) is 5.86. The van der Waals surface area contributed by atoms with Crippen molar-refractivity contribution in [3.8, 4) is 0 Å². The highest BCUT2D eigenvalue weighted by Gasteiger charge is 2.47. The number of aryl methyl sites for hydroxylation is 1. The first-order chi connectivity index (χ1) is 7.30. The molecule has 1 spiro atoms. The molecule has 82 valence electrons. The van der Waals surface area contributed by atoms with Crippen molar-refractivity contribution in [2.45, 2.75) is 18.9 Å². The lowest BCUT2D eigenvalue weighted by Gasteiger charge is -2.53. The Balaban J connectivity index is 1.82. The average molecular weight is 205 g/mol. The minimum Gasteiger partial charge on any atom is -0.357 e. The molecule has 0 radical (unpaired) electrons. The van der Waals surface area contributed by atoms with Crippen molar-refractivity contribution < 1.29 is 0 Å². The van der Waals surface area contributed by atoms with Crippen LogP contribution < -0.4 is 10.6 Å². The lowest BCUT2D eigenvalue weighted by Crippen LogP contribution is -2.59. The Morgan fingerprint density at radius 1 is 1.40 bits per heavy atom. The van der Waals surface area contributed by atoms with E-state index in [4.69, 9.17) is 0 Å². The van der Waals surface area contributed by atoms with Crippen LogP contribution in [0.4, 0.5) is 0 Å². The van der Waals surface area contributed by atoms with E-state index in [0.29, 0.717) is 11.5 Å². The fourth-order valence-electron chi connectivity index (χ4n) is 3.05. The van der Waals surface area contributed by atoms with Gasteiger partial charge in [-0.3, -0.25) is 0 Å². The lowest BCUT2D eigenvalue weighted by atomic mass is 9.65. The predicted octanol–water partition coefficient (Wildman–Crippen LogP) is 1.04. The molecule has 1 aromatic heterocycles. The largest absolute Gasteiger partial charge is 0.357 e. The van der Waals surface area contributed by atoms with E-state index in [1.54, 1.807) is 0 Å². The van der Waals surface area contributed by atoms with Crippen molar-refractivity contribution in [1.82, 2.24) is 15.2 Å². The van der Waals surface area contributed by atoms with Crippen molar-refractivity contribution in [2.24, 2.45) is 12.5 Å². The molecule has 15 heavy (non-hydrogen) atoms. The van der Waals surface area contributed by atoms with Crippen LogP contribution >= 0.6 is 0 Å². The van der Waals surface area contributed by atoms with Gasteiger partial charge in [-0.1, -0.05) is 0 Å². The molecular weight excluding hydrogens is 186 g/mol. The fraction of sp³-hybridized carbons (Fsp3) is 0.667. The molecule has 3 nitrogen and oxygen atoms in total. The summed E-state index contributed by atoms with van der Waals surface area (Å²) in [6, 6.07) is 2.85. The Labute approximate surface area is 90.9 Å². The third-order valence-corrected chi connectivity index (χ3v) is 4.06. The number of hydrogen-bond acceptors (Lipinski definition) is 2. The van der Waals surface area contributed by atoms with Crippen molar-refractivity contribution >= 4 is 0 Å². The summed E-state index contributed by atoms with van der Waals surface area (Å²) < 4.78 is 2.14. The van der Waals surface area contributed by atoms with Crippen LogP contribution in [0.15, 0.2) is 18.5 Å². The molecule has 2 fully saturated rings. The molecule has 2 N–H and O–H groups in total. The number of aromatic nitrogens is 1. The molecule has 3 heterocycles. The second-order valence-electron chi connectivity index (χ2n) is 5.04.